The molecule has 0 aromatic heterocycles. The van der Waals surface area contributed by atoms with Crippen LogP contribution in [0, 0.1) is 3.57 Å². The van der Waals surface area contributed by atoms with Crippen LogP contribution in [0.1, 0.15) is 89.7 Å². The second-order valence-electron chi connectivity index (χ2n) is 13.6. The number of benzene rings is 7. The van der Waals surface area contributed by atoms with Crippen molar-refractivity contribution in [2.45, 2.75) is 22.7 Å². The first kappa shape index (κ1) is 26.4. The third-order valence-electron chi connectivity index (χ3n) is 11.9. The van der Waals surface area contributed by atoms with Crippen molar-refractivity contribution >= 4 is 22.6 Å². The molecule has 0 nitrogen and oxygen atoms in total. The summed E-state index contributed by atoms with van der Waals surface area (Å²) in [6.45, 7) is 0. The SMILES string of the molecule is Ic1c(C23c4ccccc4C(c4ccccc42)c2ccccc23)cccc1C12c3ccccc3C(c3ccccc31)c1ccccc12. The Labute approximate surface area is 288 Å². The van der Waals surface area contributed by atoms with E-state index in [1.165, 1.54) is 81.5 Å². The summed E-state index contributed by atoms with van der Waals surface area (Å²) in [6, 6.07) is 62.7. The maximum Gasteiger partial charge on any atom is 0.0720 e. The second-order valence-corrected chi connectivity index (χ2v) is 14.6. The molecular weight excluding hydrogens is 679 g/mol. The first-order valence-corrected chi connectivity index (χ1v) is 17.7. The number of halogens is 1. The summed E-state index contributed by atoms with van der Waals surface area (Å²) in [5.74, 6) is 0.498. The highest BCUT2D eigenvalue weighted by atomic mass is 127. The lowest BCUT2D eigenvalue weighted by molar-refractivity contribution is 0.608. The van der Waals surface area contributed by atoms with Gasteiger partial charge in [-0.2, -0.15) is 0 Å². The minimum Gasteiger partial charge on any atom is -0.0619 e. The Morgan fingerprint density at radius 3 is 0.745 bits per heavy atom. The van der Waals surface area contributed by atoms with E-state index in [2.05, 4.69) is 186 Å². The molecule has 4 bridgehead atoms. The average molecular weight is 709 g/mol. The van der Waals surface area contributed by atoms with Crippen LogP contribution in [0.3, 0.4) is 0 Å². The van der Waals surface area contributed by atoms with Crippen molar-refractivity contribution in [1.82, 2.24) is 0 Å². The van der Waals surface area contributed by atoms with E-state index in [0.717, 1.165) is 0 Å². The van der Waals surface area contributed by atoms with Crippen molar-refractivity contribution in [1.29, 1.82) is 0 Å². The second kappa shape index (κ2) is 9.20. The first-order valence-electron chi connectivity index (χ1n) is 16.6. The summed E-state index contributed by atoms with van der Waals surface area (Å²) in [4.78, 5) is 0. The van der Waals surface area contributed by atoms with E-state index in [1.54, 1.807) is 0 Å². The van der Waals surface area contributed by atoms with Crippen LogP contribution in [0.15, 0.2) is 164 Å². The smallest absolute Gasteiger partial charge is 0.0619 e. The van der Waals surface area contributed by atoms with Gasteiger partial charge in [-0.15, -0.1) is 0 Å². The van der Waals surface area contributed by atoms with E-state index >= 15 is 0 Å². The molecule has 13 rings (SSSR count). The molecule has 220 valence electrons. The Kier molecular flexibility index (Phi) is 5.16. The van der Waals surface area contributed by atoms with Gasteiger partial charge in [0.15, 0.2) is 0 Å². The van der Waals surface area contributed by atoms with Gasteiger partial charge in [-0.1, -0.05) is 164 Å². The van der Waals surface area contributed by atoms with Crippen LogP contribution in [0.4, 0.5) is 0 Å². The van der Waals surface area contributed by atoms with E-state index in [4.69, 9.17) is 0 Å². The van der Waals surface area contributed by atoms with Gasteiger partial charge in [-0.3, -0.25) is 0 Å². The van der Waals surface area contributed by atoms with Crippen molar-refractivity contribution in [3.63, 3.8) is 0 Å². The van der Waals surface area contributed by atoms with Crippen LogP contribution in [0.25, 0.3) is 0 Å². The van der Waals surface area contributed by atoms with Crippen molar-refractivity contribution in [2.75, 3.05) is 0 Å². The summed E-state index contributed by atoms with van der Waals surface area (Å²) in [5.41, 5.74) is 19.0. The Bertz CT molecular complexity index is 2070. The lowest BCUT2D eigenvalue weighted by Gasteiger charge is -2.53. The van der Waals surface area contributed by atoms with Crippen LogP contribution >= 0.6 is 22.6 Å². The normalized spacial score (nSPS) is 23.2. The highest BCUT2D eigenvalue weighted by Gasteiger charge is 2.56. The van der Waals surface area contributed by atoms with Crippen LogP contribution < -0.4 is 0 Å². The molecule has 1 heteroatoms. The average Bonchev–Trinajstić information content (AvgIpc) is 3.14. The fourth-order valence-corrected chi connectivity index (χ4v) is 11.6. The maximum absolute atomic E-state index is 2.74. The lowest BCUT2D eigenvalue weighted by atomic mass is 9.49. The molecule has 0 unspecified atom stereocenters. The van der Waals surface area contributed by atoms with Gasteiger partial charge in [0, 0.05) is 15.4 Å². The van der Waals surface area contributed by atoms with Crippen molar-refractivity contribution in [2.24, 2.45) is 0 Å². The van der Waals surface area contributed by atoms with Crippen LogP contribution in [0.2, 0.25) is 0 Å². The monoisotopic (exact) mass is 708 g/mol. The minimum atomic E-state index is -0.424. The molecule has 6 aliphatic rings. The van der Waals surface area contributed by atoms with E-state index in [-0.39, 0.29) is 11.8 Å². The van der Waals surface area contributed by atoms with Crippen LogP contribution in [-0.4, -0.2) is 0 Å². The molecule has 47 heavy (non-hydrogen) atoms. The molecule has 0 heterocycles. The topological polar surface area (TPSA) is 0 Å². The molecule has 0 saturated carbocycles. The molecule has 0 radical (unpaired) electrons. The van der Waals surface area contributed by atoms with Gasteiger partial charge in [-0.25, -0.2) is 0 Å². The third kappa shape index (κ3) is 2.93. The van der Waals surface area contributed by atoms with Crippen molar-refractivity contribution in [3.05, 3.63) is 245 Å². The number of rotatable bonds is 2. The van der Waals surface area contributed by atoms with Crippen LogP contribution in [-0.2, 0) is 10.8 Å². The Balaban J connectivity index is 1.31. The number of hydrogen-bond acceptors (Lipinski definition) is 0. The molecule has 0 atom stereocenters. The van der Waals surface area contributed by atoms with Gasteiger partial charge in [0.1, 0.15) is 0 Å². The minimum absolute atomic E-state index is 0.249. The molecule has 0 saturated heterocycles. The van der Waals surface area contributed by atoms with E-state index < -0.39 is 10.8 Å². The molecule has 0 amide bonds. The Morgan fingerprint density at radius 1 is 0.277 bits per heavy atom. The molecule has 0 aliphatic heterocycles. The maximum atomic E-state index is 2.74. The fourth-order valence-electron chi connectivity index (χ4n) is 10.4. The van der Waals surface area contributed by atoms with Gasteiger partial charge in [0.2, 0.25) is 0 Å². The highest BCUT2D eigenvalue weighted by molar-refractivity contribution is 14.1. The van der Waals surface area contributed by atoms with Gasteiger partial charge in [-0.05, 0) is 100 Å². The largest absolute Gasteiger partial charge is 0.0720 e. The zero-order chi connectivity index (χ0) is 30.9. The zero-order valence-electron chi connectivity index (χ0n) is 25.6. The Morgan fingerprint density at radius 2 is 0.489 bits per heavy atom. The molecule has 0 spiro atoms. The molecular formula is C46H29I. The third-order valence-corrected chi connectivity index (χ3v) is 13.0. The summed E-state index contributed by atoms with van der Waals surface area (Å²) < 4.78 is 1.34. The van der Waals surface area contributed by atoms with Gasteiger partial charge in [0.05, 0.1) is 10.8 Å². The predicted molar refractivity (Wildman–Crippen MR) is 198 cm³/mol. The van der Waals surface area contributed by atoms with Crippen molar-refractivity contribution < 1.29 is 0 Å². The van der Waals surface area contributed by atoms with Crippen molar-refractivity contribution in [3.8, 4) is 0 Å². The predicted octanol–water partition coefficient (Wildman–Crippen LogP) is 10.7. The molecule has 0 fully saturated rings. The first-order chi connectivity index (χ1) is 23.3. The quantitative estimate of drug-likeness (QED) is 0.157. The van der Waals surface area contributed by atoms with Gasteiger partial charge >= 0.3 is 0 Å². The Hall–Kier alpha value is -4.73. The van der Waals surface area contributed by atoms with Crippen LogP contribution in [0.5, 0.6) is 0 Å². The fraction of sp³-hybridized carbons (Fsp3) is 0.0870. The summed E-state index contributed by atoms with van der Waals surface area (Å²) >= 11 is 2.74. The molecule has 0 N–H and O–H groups in total. The molecule has 6 aliphatic carbocycles. The standard InChI is InChI=1S/C46H29I/c47-44-40(45-34-20-7-1-14-28(34)42(29-15-2-8-21-35(29)45)30-16-3-9-22-36(30)45)26-13-27-41(44)46-37-23-10-4-17-31(37)43(32-18-5-11-24-38(32)46)33-19-6-12-25-39(33)46/h1-27,42-43H. The van der Waals surface area contributed by atoms with Gasteiger partial charge < -0.3 is 0 Å². The van der Waals surface area contributed by atoms with E-state index in [0.29, 0.717) is 0 Å². The molecule has 7 aromatic rings. The zero-order valence-corrected chi connectivity index (χ0v) is 27.8. The highest BCUT2D eigenvalue weighted by Crippen LogP contribution is 2.65. The van der Waals surface area contributed by atoms with E-state index in [9.17, 15) is 0 Å². The lowest BCUT2D eigenvalue weighted by Crippen LogP contribution is -2.46. The van der Waals surface area contributed by atoms with E-state index in [1.807, 2.05) is 0 Å². The number of hydrogen-bond donors (Lipinski definition) is 0. The summed E-state index contributed by atoms with van der Waals surface area (Å²) in [7, 11) is 0. The van der Waals surface area contributed by atoms with Gasteiger partial charge in [0.25, 0.3) is 0 Å². The molecule has 7 aromatic carbocycles. The summed E-state index contributed by atoms with van der Waals surface area (Å²) in [5, 5.41) is 0. The summed E-state index contributed by atoms with van der Waals surface area (Å²) in [6.07, 6.45) is 0.